The molecule has 1 aliphatic rings. The number of aliphatic carboxylic acids is 1. The van der Waals surface area contributed by atoms with Gasteiger partial charge in [-0.3, -0.25) is 4.79 Å². The van der Waals surface area contributed by atoms with E-state index < -0.39 is 11.5 Å². The number of hydrogen-bond acceptors (Lipinski definition) is 3. The highest BCUT2D eigenvalue weighted by molar-refractivity contribution is 5.78. The first kappa shape index (κ1) is 17.4. The van der Waals surface area contributed by atoms with Crippen molar-refractivity contribution in [3.8, 4) is 0 Å². The molecular weight excluding hydrogens is 252 g/mol. The predicted octanol–water partition coefficient (Wildman–Crippen LogP) is 2.73. The van der Waals surface area contributed by atoms with Crippen molar-refractivity contribution in [3.63, 3.8) is 0 Å². The third-order valence-electron chi connectivity index (χ3n) is 4.85. The predicted molar refractivity (Wildman–Crippen MR) is 83.0 cm³/mol. The van der Waals surface area contributed by atoms with Crippen LogP contribution >= 0.6 is 0 Å². The molecule has 0 saturated heterocycles. The van der Waals surface area contributed by atoms with Gasteiger partial charge in [-0.1, -0.05) is 33.6 Å². The quantitative estimate of drug-likeness (QED) is 0.683. The number of rotatable bonds is 9. The lowest BCUT2D eigenvalue weighted by atomic mass is 9.75. The molecule has 118 valence electrons. The summed E-state index contributed by atoms with van der Waals surface area (Å²) >= 11 is 0. The maximum atomic E-state index is 11.7. The lowest BCUT2D eigenvalue weighted by molar-refractivity contribution is -0.146. The molecule has 0 radical (unpaired) electrons. The number of nitrogens with zero attached hydrogens (tertiary/aromatic N) is 1. The van der Waals surface area contributed by atoms with Gasteiger partial charge in [0.15, 0.2) is 0 Å². The van der Waals surface area contributed by atoms with Gasteiger partial charge in [-0.25, -0.2) is 0 Å². The SMILES string of the molecule is CCCC1CCC(NCCN(CC)CC)(C(=O)O)CC1. The summed E-state index contributed by atoms with van der Waals surface area (Å²) in [7, 11) is 0. The molecule has 0 atom stereocenters. The normalized spacial score (nSPS) is 26.9. The average molecular weight is 284 g/mol. The molecule has 0 spiro atoms. The standard InChI is InChI=1S/C16H32N2O2/c1-4-7-14-8-10-16(11-9-14,15(19)20)17-12-13-18(5-2)6-3/h14,17H,4-13H2,1-3H3,(H,19,20). The molecular formula is C16H32N2O2. The van der Waals surface area contributed by atoms with E-state index in [9.17, 15) is 9.90 Å². The van der Waals surface area contributed by atoms with Crippen molar-refractivity contribution in [1.82, 2.24) is 10.2 Å². The topological polar surface area (TPSA) is 52.6 Å². The molecule has 1 fully saturated rings. The molecule has 1 aliphatic carbocycles. The molecule has 0 amide bonds. The average Bonchev–Trinajstić information content (AvgIpc) is 2.45. The second kappa shape index (κ2) is 8.63. The molecule has 4 heteroatoms. The van der Waals surface area contributed by atoms with Crippen LogP contribution < -0.4 is 5.32 Å². The van der Waals surface area contributed by atoms with Crippen LogP contribution in [0, 0.1) is 5.92 Å². The van der Waals surface area contributed by atoms with E-state index in [4.69, 9.17) is 0 Å². The van der Waals surface area contributed by atoms with Gasteiger partial charge in [0.1, 0.15) is 5.54 Å². The van der Waals surface area contributed by atoms with Crippen molar-refractivity contribution in [3.05, 3.63) is 0 Å². The molecule has 0 bridgehead atoms. The summed E-state index contributed by atoms with van der Waals surface area (Å²) in [4.78, 5) is 14.0. The third-order valence-corrected chi connectivity index (χ3v) is 4.85. The Hall–Kier alpha value is -0.610. The van der Waals surface area contributed by atoms with Crippen LogP contribution in [-0.2, 0) is 4.79 Å². The van der Waals surface area contributed by atoms with Crippen molar-refractivity contribution in [2.75, 3.05) is 26.2 Å². The van der Waals surface area contributed by atoms with Crippen LogP contribution in [0.25, 0.3) is 0 Å². The van der Waals surface area contributed by atoms with E-state index >= 15 is 0 Å². The number of carbonyl (C=O) groups is 1. The second-order valence-corrected chi connectivity index (χ2v) is 6.07. The maximum absolute atomic E-state index is 11.7. The Morgan fingerprint density at radius 3 is 2.30 bits per heavy atom. The zero-order valence-corrected chi connectivity index (χ0v) is 13.5. The van der Waals surface area contributed by atoms with Crippen LogP contribution in [0.15, 0.2) is 0 Å². The van der Waals surface area contributed by atoms with E-state index in [-0.39, 0.29) is 0 Å². The zero-order valence-electron chi connectivity index (χ0n) is 13.5. The van der Waals surface area contributed by atoms with Crippen LogP contribution in [0.2, 0.25) is 0 Å². The minimum atomic E-state index is -0.669. The van der Waals surface area contributed by atoms with E-state index in [2.05, 4.69) is 31.0 Å². The molecule has 1 saturated carbocycles. The van der Waals surface area contributed by atoms with Crippen molar-refractivity contribution < 1.29 is 9.90 Å². The Bertz CT molecular complexity index is 282. The molecule has 20 heavy (non-hydrogen) atoms. The lowest BCUT2D eigenvalue weighted by Gasteiger charge is -2.38. The highest BCUT2D eigenvalue weighted by Gasteiger charge is 2.41. The molecule has 2 N–H and O–H groups in total. The number of nitrogens with one attached hydrogen (secondary N) is 1. The first-order valence-corrected chi connectivity index (χ1v) is 8.28. The van der Waals surface area contributed by atoms with E-state index in [1.807, 2.05) is 0 Å². The molecule has 0 aromatic carbocycles. The number of carboxylic acids is 1. The number of likely N-dealkylation sites (N-methyl/N-ethyl adjacent to an activating group) is 1. The summed E-state index contributed by atoms with van der Waals surface area (Å²) in [5.41, 5.74) is -0.669. The van der Waals surface area contributed by atoms with E-state index in [1.54, 1.807) is 0 Å². The monoisotopic (exact) mass is 284 g/mol. The largest absolute Gasteiger partial charge is 0.480 e. The lowest BCUT2D eigenvalue weighted by Crippen LogP contribution is -2.55. The summed E-state index contributed by atoms with van der Waals surface area (Å²) in [6, 6.07) is 0. The second-order valence-electron chi connectivity index (χ2n) is 6.07. The molecule has 0 aromatic heterocycles. The first-order valence-electron chi connectivity index (χ1n) is 8.28. The van der Waals surface area contributed by atoms with Crippen molar-refractivity contribution in [2.45, 2.75) is 64.8 Å². The number of carboxylic acid groups (broad SMARTS) is 1. The third kappa shape index (κ3) is 4.74. The highest BCUT2D eigenvalue weighted by Crippen LogP contribution is 2.34. The van der Waals surface area contributed by atoms with E-state index in [0.717, 1.165) is 57.8 Å². The van der Waals surface area contributed by atoms with Crippen LogP contribution in [-0.4, -0.2) is 47.7 Å². The van der Waals surface area contributed by atoms with Crippen molar-refractivity contribution >= 4 is 5.97 Å². The van der Waals surface area contributed by atoms with Gasteiger partial charge in [0, 0.05) is 13.1 Å². The zero-order chi connectivity index (χ0) is 15.0. The van der Waals surface area contributed by atoms with Gasteiger partial charge >= 0.3 is 5.97 Å². The molecule has 0 heterocycles. The van der Waals surface area contributed by atoms with Gasteiger partial charge in [-0.05, 0) is 44.7 Å². The minimum Gasteiger partial charge on any atom is -0.480 e. The van der Waals surface area contributed by atoms with Crippen molar-refractivity contribution in [1.29, 1.82) is 0 Å². The Labute approximate surface area is 123 Å². The Balaban J connectivity index is 2.46. The van der Waals surface area contributed by atoms with Gasteiger partial charge < -0.3 is 15.3 Å². The van der Waals surface area contributed by atoms with Crippen LogP contribution in [0.4, 0.5) is 0 Å². The van der Waals surface area contributed by atoms with Gasteiger partial charge in [0.25, 0.3) is 0 Å². The fourth-order valence-corrected chi connectivity index (χ4v) is 3.33. The minimum absolute atomic E-state index is 0.660. The van der Waals surface area contributed by atoms with Crippen molar-refractivity contribution in [2.24, 2.45) is 5.92 Å². The van der Waals surface area contributed by atoms with Gasteiger partial charge in [-0.2, -0.15) is 0 Å². The summed E-state index contributed by atoms with van der Waals surface area (Å²) in [6.07, 6.45) is 6.13. The summed E-state index contributed by atoms with van der Waals surface area (Å²) in [5, 5.41) is 13.0. The molecule has 0 aliphatic heterocycles. The highest BCUT2D eigenvalue weighted by atomic mass is 16.4. The van der Waals surface area contributed by atoms with Gasteiger partial charge in [-0.15, -0.1) is 0 Å². The van der Waals surface area contributed by atoms with Gasteiger partial charge in [0.2, 0.25) is 0 Å². The smallest absolute Gasteiger partial charge is 0.323 e. The first-order chi connectivity index (χ1) is 9.57. The maximum Gasteiger partial charge on any atom is 0.323 e. The van der Waals surface area contributed by atoms with Crippen LogP contribution in [0.5, 0.6) is 0 Å². The number of hydrogen-bond donors (Lipinski definition) is 2. The fraction of sp³-hybridized carbons (Fsp3) is 0.938. The van der Waals surface area contributed by atoms with E-state index in [0.29, 0.717) is 0 Å². The molecule has 4 nitrogen and oxygen atoms in total. The fourth-order valence-electron chi connectivity index (χ4n) is 3.33. The molecule has 0 aromatic rings. The molecule has 1 rings (SSSR count). The van der Waals surface area contributed by atoms with Crippen LogP contribution in [0.1, 0.15) is 59.3 Å². The van der Waals surface area contributed by atoms with Gasteiger partial charge in [0.05, 0.1) is 0 Å². The Morgan fingerprint density at radius 1 is 1.25 bits per heavy atom. The summed E-state index contributed by atoms with van der Waals surface area (Å²) in [5.74, 6) is 0.0732. The van der Waals surface area contributed by atoms with E-state index in [1.165, 1.54) is 12.8 Å². The van der Waals surface area contributed by atoms with Crippen LogP contribution in [0.3, 0.4) is 0 Å². The Kier molecular flexibility index (Phi) is 7.52. The summed E-state index contributed by atoms with van der Waals surface area (Å²) in [6.45, 7) is 10.3. The summed E-state index contributed by atoms with van der Waals surface area (Å²) < 4.78 is 0. The Morgan fingerprint density at radius 2 is 1.85 bits per heavy atom. The molecule has 0 unspecified atom stereocenters.